The Hall–Kier alpha value is -0.590. The fraction of sp³-hybridized carbons (Fsp3) is 0.455. The van der Waals surface area contributed by atoms with Crippen molar-refractivity contribution in [3.8, 4) is 0 Å². The van der Waals surface area contributed by atoms with Crippen LogP contribution in [0, 0.1) is 0 Å². The van der Waals surface area contributed by atoms with Crippen molar-refractivity contribution < 1.29 is 9.90 Å². The third-order valence-electron chi connectivity index (χ3n) is 2.04. The van der Waals surface area contributed by atoms with Crippen molar-refractivity contribution in [2.45, 2.75) is 24.4 Å². The number of aromatic nitrogens is 1. The minimum atomic E-state index is -0.817. The van der Waals surface area contributed by atoms with Gasteiger partial charge in [-0.1, -0.05) is 6.92 Å². The average Bonchev–Trinajstić information content (AvgIpc) is 2.31. The Kier molecular flexibility index (Phi) is 6.54. The zero-order valence-electron chi connectivity index (χ0n) is 9.52. The van der Waals surface area contributed by atoms with Crippen molar-refractivity contribution in [1.29, 1.82) is 0 Å². The molecule has 1 atom stereocenters. The Morgan fingerprint density at radius 1 is 1.65 bits per heavy atom. The molecule has 1 rings (SSSR count). The van der Waals surface area contributed by atoms with Gasteiger partial charge in [-0.3, -0.25) is 4.79 Å². The van der Waals surface area contributed by atoms with Gasteiger partial charge in [-0.15, -0.1) is 11.8 Å². The molecule has 1 aromatic heterocycles. The highest BCUT2D eigenvalue weighted by Crippen LogP contribution is 2.18. The van der Waals surface area contributed by atoms with Crippen LogP contribution in [-0.4, -0.2) is 34.4 Å². The Morgan fingerprint density at radius 2 is 2.41 bits per heavy atom. The highest BCUT2D eigenvalue weighted by Gasteiger charge is 2.16. The molecule has 0 saturated carbocycles. The molecule has 0 bridgehead atoms. The van der Waals surface area contributed by atoms with E-state index in [-0.39, 0.29) is 0 Å². The van der Waals surface area contributed by atoms with E-state index in [9.17, 15) is 4.79 Å². The summed E-state index contributed by atoms with van der Waals surface area (Å²) in [6.45, 7) is 2.72. The smallest absolute Gasteiger partial charge is 0.321 e. The van der Waals surface area contributed by atoms with Crippen molar-refractivity contribution in [1.82, 2.24) is 10.3 Å². The Morgan fingerprint density at radius 3 is 2.94 bits per heavy atom. The maximum atomic E-state index is 11.0. The number of nitrogens with one attached hydrogen (secondary N) is 1. The van der Waals surface area contributed by atoms with Gasteiger partial charge in [0.05, 0.1) is 5.03 Å². The fourth-order valence-electron chi connectivity index (χ4n) is 1.15. The minimum absolute atomic E-state index is 0.476. The minimum Gasteiger partial charge on any atom is -0.480 e. The van der Waals surface area contributed by atoms with E-state index < -0.39 is 12.0 Å². The third kappa shape index (κ3) is 5.52. The van der Waals surface area contributed by atoms with E-state index in [1.807, 2.05) is 19.1 Å². The van der Waals surface area contributed by atoms with E-state index in [0.717, 1.165) is 15.9 Å². The van der Waals surface area contributed by atoms with E-state index in [4.69, 9.17) is 5.11 Å². The maximum Gasteiger partial charge on any atom is 0.321 e. The second kappa shape index (κ2) is 7.68. The largest absolute Gasteiger partial charge is 0.480 e. The Labute approximate surface area is 113 Å². The number of halogens is 1. The van der Waals surface area contributed by atoms with Crippen LogP contribution in [0.5, 0.6) is 0 Å². The van der Waals surface area contributed by atoms with E-state index in [1.165, 1.54) is 11.8 Å². The number of carbonyl (C=O) groups is 1. The van der Waals surface area contributed by atoms with Crippen LogP contribution in [0.3, 0.4) is 0 Å². The van der Waals surface area contributed by atoms with Gasteiger partial charge in [0.15, 0.2) is 0 Å². The Bertz CT molecular complexity index is 359. The first-order chi connectivity index (χ1) is 8.13. The molecule has 0 aliphatic heterocycles. The topological polar surface area (TPSA) is 62.2 Å². The number of carboxylic acids is 1. The van der Waals surface area contributed by atoms with Crippen molar-refractivity contribution in [2.24, 2.45) is 0 Å². The van der Waals surface area contributed by atoms with Gasteiger partial charge in [0.2, 0.25) is 0 Å². The van der Waals surface area contributed by atoms with E-state index in [1.54, 1.807) is 6.20 Å². The zero-order chi connectivity index (χ0) is 12.7. The molecule has 0 spiro atoms. The van der Waals surface area contributed by atoms with E-state index >= 15 is 0 Å². The predicted octanol–water partition coefficient (Wildman–Crippen LogP) is 2.39. The van der Waals surface area contributed by atoms with Crippen LogP contribution in [0.25, 0.3) is 0 Å². The lowest BCUT2D eigenvalue weighted by Crippen LogP contribution is -2.39. The average molecular weight is 319 g/mol. The summed E-state index contributed by atoms with van der Waals surface area (Å²) in [5, 5.41) is 12.8. The van der Waals surface area contributed by atoms with Crippen LogP contribution in [0.15, 0.2) is 27.8 Å². The standard InChI is InChI=1S/C11H15BrN2O2S/c1-2-5-13-9(11(15)16)7-17-10-4-3-8(12)6-14-10/h3-4,6,9,13H,2,5,7H2,1H3,(H,15,16). The van der Waals surface area contributed by atoms with Crippen LogP contribution in [0.2, 0.25) is 0 Å². The zero-order valence-corrected chi connectivity index (χ0v) is 11.9. The van der Waals surface area contributed by atoms with Crippen LogP contribution >= 0.6 is 27.7 Å². The number of hydrogen-bond acceptors (Lipinski definition) is 4. The first-order valence-electron chi connectivity index (χ1n) is 5.34. The van der Waals surface area contributed by atoms with Crippen molar-refractivity contribution in [3.63, 3.8) is 0 Å². The molecular formula is C11H15BrN2O2S. The van der Waals surface area contributed by atoms with Crippen molar-refractivity contribution >= 4 is 33.7 Å². The quantitative estimate of drug-likeness (QED) is 0.756. The number of carboxylic acid groups (broad SMARTS) is 1. The SMILES string of the molecule is CCCNC(CSc1ccc(Br)cn1)C(=O)O. The molecule has 1 aromatic rings. The summed E-state index contributed by atoms with van der Waals surface area (Å²) in [7, 11) is 0. The molecule has 6 heteroatoms. The van der Waals surface area contributed by atoms with Gasteiger partial charge in [0, 0.05) is 16.4 Å². The second-order valence-electron chi connectivity index (χ2n) is 3.47. The third-order valence-corrected chi connectivity index (χ3v) is 3.54. The summed E-state index contributed by atoms with van der Waals surface area (Å²) in [6, 6.07) is 3.24. The van der Waals surface area contributed by atoms with Gasteiger partial charge in [-0.05, 0) is 41.0 Å². The molecule has 0 radical (unpaired) electrons. The molecule has 0 aliphatic rings. The van der Waals surface area contributed by atoms with Gasteiger partial charge < -0.3 is 10.4 Å². The number of aliphatic carboxylic acids is 1. The van der Waals surface area contributed by atoms with Gasteiger partial charge in [-0.2, -0.15) is 0 Å². The maximum absolute atomic E-state index is 11.0. The van der Waals surface area contributed by atoms with E-state index in [2.05, 4.69) is 26.2 Å². The first-order valence-corrected chi connectivity index (χ1v) is 7.12. The molecule has 0 aliphatic carbocycles. The molecule has 0 aromatic carbocycles. The van der Waals surface area contributed by atoms with Gasteiger partial charge in [-0.25, -0.2) is 4.98 Å². The van der Waals surface area contributed by atoms with E-state index in [0.29, 0.717) is 12.3 Å². The summed E-state index contributed by atoms with van der Waals surface area (Å²) in [6.07, 6.45) is 2.63. The lowest BCUT2D eigenvalue weighted by molar-refractivity contribution is -0.138. The number of thioether (sulfide) groups is 1. The molecule has 0 amide bonds. The first kappa shape index (κ1) is 14.5. The fourth-order valence-corrected chi connectivity index (χ4v) is 2.28. The molecule has 1 heterocycles. The summed E-state index contributed by atoms with van der Waals surface area (Å²) >= 11 is 4.75. The van der Waals surface area contributed by atoms with Gasteiger partial charge in [0.1, 0.15) is 6.04 Å². The highest BCUT2D eigenvalue weighted by molar-refractivity contribution is 9.10. The Balaban J connectivity index is 2.45. The molecule has 4 nitrogen and oxygen atoms in total. The molecule has 94 valence electrons. The number of nitrogens with zero attached hydrogens (tertiary/aromatic N) is 1. The molecule has 0 saturated heterocycles. The molecular weight excluding hydrogens is 304 g/mol. The molecule has 0 fully saturated rings. The number of hydrogen-bond donors (Lipinski definition) is 2. The summed E-state index contributed by atoms with van der Waals surface area (Å²) in [4.78, 5) is 15.2. The van der Waals surface area contributed by atoms with Gasteiger partial charge in [0.25, 0.3) is 0 Å². The number of rotatable bonds is 7. The lowest BCUT2D eigenvalue weighted by Gasteiger charge is -2.12. The summed E-state index contributed by atoms with van der Waals surface area (Å²) in [5.74, 6) is -0.340. The van der Waals surface area contributed by atoms with Crippen molar-refractivity contribution in [3.05, 3.63) is 22.8 Å². The lowest BCUT2D eigenvalue weighted by atomic mass is 10.3. The summed E-state index contributed by atoms with van der Waals surface area (Å²) in [5.41, 5.74) is 0. The van der Waals surface area contributed by atoms with Gasteiger partial charge >= 0.3 is 5.97 Å². The second-order valence-corrected chi connectivity index (χ2v) is 5.43. The monoisotopic (exact) mass is 318 g/mol. The summed E-state index contributed by atoms with van der Waals surface area (Å²) < 4.78 is 0.917. The molecule has 2 N–H and O–H groups in total. The normalized spacial score (nSPS) is 12.4. The molecule has 1 unspecified atom stereocenters. The predicted molar refractivity (Wildman–Crippen MR) is 72.4 cm³/mol. The van der Waals surface area contributed by atoms with Crippen LogP contribution < -0.4 is 5.32 Å². The number of pyridine rings is 1. The molecule has 17 heavy (non-hydrogen) atoms. The van der Waals surface area contributed by atoms with Crippen LogP contribution in [0.4, 0.5) is 0 Å². The highest BCUT2D eigenvalue weighted by atomic mass is 79.9. The van der Waals surface area contributed by atoms with Crippen molar-refractivity contribution in [2.75, 3.05) is 12.3 Å². The van der Waals surface area contributed by atoms with Crippen LogP contribution in [0.1, 0.15) is 13.3 Å². The van der Waals surface area contributed by atoms with Crippen LogP contribution in [-0.2, 0) is 4.79 Å².